The number of halogens is 2. The fraction of sp³-hybridized carbons (Fsp3) is 0.500. The maximum atomic E-state index is 13.6. The first-order valence-corrected chi connectivity index (χ1v) is 6.31. The van der Waals surface area contributed by atoms with Crippen LogP contribution in [0.5, 0.6) is 0 Å². The molecule has 0 radical (unpaired) electrons. The highest BCUT2D eigenvalue weighted by atomic mass is 19.1. The van der Waals surface area contributed by atoms with E-state index in [0.29, 0.717) is 12.5 Å². The fourth-order valence-electron chi connectivity index (χ4n) is 1.51. The monoisotopic (exact) mass is 270 g/mol. The van der Waals surface area contributed by atoms with E-state index in [9.17, 15) is 13.6 Å². The lowest BCUT2D eigenvalue weighted by Crippen LogP contribution is -2.39. The van der Waals surface area contributed by atoms with Gasteiger partial charge in [-0.3, -0.25) is 4.79 Å². The van der Waals surface area contributed by atoms with Gasteiger partial charge in [-0.2, -0.15) is 0 Å². The van der Waals surface area contributed by atoms with Crippen LogP contribution in [0.25, 0.3) is 0 Å². The van der Waals surface area contributed by atoms with Gasteiger partial charge in [0.25, 0.3) is 0 Å². The summed E-state index contributed by atoms with van der Waals surface area (Å²) in [7, 11) is 0. The minimum atomic E-state index is -0.629. The van der Waals surface area contributed by atoms with Gasteiger partial charge in [-0.05, 0) is 31.4 Å². The van der Waals surface area contributed by atoms with E-state index in [0.717, 1.165) is 12.1 Å². The molecular weight excluding hydrogens is 250 g/mol. The Morgan fingerprint density at radius 3 is 2.42 bits per heavy atom. The van der Waals surface area contributed by atoms with Gasteiger partial charge >= 0.3 is 0 Å². The molecule has 0 saturated carbocycles. The smallest absolute Gasteiger partial charge is 0.242 e. The molecular formula is C14H20F2N2O. The van der Waals surface area contributed by atoms with Gasteiger partial charge in [-0.25, -0.2) is 8.78 Å². The van der Waals surface area contributed by atoms with E-state index in [1.807, 2.05) is 13.8 Å². The predicted molar refractivity (Wildman–Crippen MR) is 72.0 cm³/mol. The quantitative estimate of drug-likeness (QED) is 0.863. The summed E-state index contributed by atoms with van der Waals surface area (Å²) in [6, 6.07) is 1.54. The van der Waals surface area contributed by atoms with Crippen LogP contribution in [0.1, 0.15) is 26.3 Å². The van der Waals surface area contributed by atoms with Crippen LogP contribution in [0.4, 0.5) is 14.5 Å². The van der Waals surface area contributed by atoms with Crippen molar-refractivity contribution in [3.05, 3.63) is 29.3 Å². The summed E-state index contributed by atoms with van der Waals surface area (Å²) < 4.78 is 27.0. The molecule has 1 aromatic carbocycles. The summed E-state index contributed by atoms with van der Waals surface area (Å²) in [5, 5.41) is 5.40. The highest BCUT2D eigenvalue weighted by molar-refractivity contribution is 5.84. The third-order valence-electron chi connectivity index (χ3n) is 2.70. The molecule has 0 aliphatic rings. The maximum absolute atomic E-state index is 13.6. The van der Waals surface area contributed by atoms with E-state index in [2.05, 4.69) is 10.6 Å². The summed E-state index contributed by atoms with van der Waals surface area (Å²) in [4.78, 5) is 11.7. The highest BCUT2D eigenvalue weighted by Crippen LogP contribution is 2.19. The van der Waals surface area contributed by atoms with Crippen LogP contribution in [0, 0.1) is 24.5 Å². The Labute approximate surface area is 112 Å². The van der Waals surface area contributed by atoms with E-state index in [1.165, 1.54) is 6.92 Å². The van der Waals surface area contributed by atoms with Gasteiger partial charge in [-0.1, -0.05) is 13.8 Å². The zero-order valence-electron chi connectivity index (χ0n) is 11.7. The second kappa shape index (κ2) is 6.50. The van der Waals surface area contributed by atoms with E-state index in [1.54, 1.807) is 6.92 Å². The Balaban J connectivity index is 2.69. The minimum Gasteiger partial charge on any atom is -0.371 e. The Hall–Kier alpha value is -1.65. The Morgan fingerprint density at radius 2 is 1.84 bits per heavy atom. The number of amides is 1. The second-order valence-electron chi connectivity index (χ2n) is 5.09. The largest absolute Gasteiger partial charge is 0.371 e. The van der Waals surface area contributed by atoms with Crippen molar-refractivity contribution in [2.24, 2.45) is 5.92 Å². The molecule has 0 spiro atoms. The number of rotatable bonds is 5. The Bertz CT molecular complexity index is 461. The molecule has 5 heteroatoms. The number of hydrogen-bond donors (Lipinski definition) is 2. The molecule has 0 aliphatic carbocycles. The molecule has 0 heterocycles. The lowest BCUT2D eigenvalue weighted by atomic mass is 10.2. The molecule has 2 N–H and O–H groups in total. The average Bonchev–Trinajstić information content (AvgIpc) is 2.32. The SMILES string of the molecule is Cc1cc(F)c(NC(C)C(=O)NCC(C)C)cc1F. The first-order chi connectivity index (χ1) is 8.81. The van der Waals surface area contributed by atoms with Crippen molar-refractivity contribution in [1.29, 1.82) is 0 Å². The van der Waals surface area contributed by atoms with Gasteiger partial charge in [0.2, 0.25) is 5.91 Å². The fourth-order valence-corrected chi connectivity index (χ4v) is 1.51. The van der Waals surface area contributed by atoms with Gasteiger partial charge in [-0.15, -0.1) is 0 Å². The number of hydrogen-bond acceptors (Lipinski definition) is 2. The lowest BCUT2D eigenvalue weighted by Gasteiger charge is -2.17. The van der Waals surface area contributed by atoms with E-state index in [4.69, 9.17) is 0 Å². The van der Waals surface area contributed by atoms with Crippen molar-refractivity contribution in [1.82, 2.24) is 5.32 Å². The molecule has 0 bridgehead atoms. The normalized spacial score (nSPS) is 12.4. The van der Waals surface area contributed by atoms with Gasteiger partial charge in [0.05, 0.1) is 5.69 Å². The maximum Gasteiger partial charge on any atom is 0.242 e. The van der Waals surface area contributed by atoms with Crippen molar-refractivity contribution in [3.8, 4) is 0 Å². The number of anilines is 1. The summed E-state index contributed by atoms with van der Waals surface area (Å²) in [6.45, 7) is 7.60. The van der Waals surface area contributed by atoms with Crippen LogP contribution < -0.4 is 10.6 Å². The summed E-state index contributed by atoms with van der Waals surface area (Å²) >= 11 is 0. The Morgan fingerprint density at radius 1 is 1.21 bits per heavy atom. The topological polar surface area (TPSA) is 41.1 Å². The van der Waals surface area contributed by atoms with Crippen molar-refractivity contribution >= 4 is 11.6 Å². The number of carbonyl (C=O) groups is 1. The summed E-state index contributed by atoms with van der Waals surface area (Å²) in [6.07, 6.45) is 0. The van der Waals surface area contributed by atoms with Crippen LogP contribution in [0.2, 0.25) is 0 Å². The number of benzene rings is 1. The second-order valence-corrected chi connectivity index (χ2v) is 5.09. The van der Waals surface area contributed by atoms with Crippen LogP contribution >= 0.6 is 0 Å². The van der Waals surface area contributed by atoms with Gasteiger partial charge < -0.3 is 10.6 Å². The molecule has 0 saturated heterocycles. The number of carbonyl (C=O) groups excluding carboxylic acids is 1. The average molecular weight is 270 g/mol. The predicted octanol–water partition coefficient (Wildman–Crippen LogP) is 2.85. The zero-order chi connectivity index (χ0) is 14.6. The van der Waals surface area contributed by atoms with Crippen LogP contribution in [-0.2, 0) is 4.79 Å². The summed E-state index contributed by atoms with van der Waals surface area (Å²) in [5.41, 5.74) is 0.232. The highest BCUT2D eigenvalue weighted by Gasteiger charge is 2.15. The molecule has 1 amide bonds. The third kappa shape index (κ3) is 4.50. The van der Waals surface area contributed by atoms with Crippen molar-refractivity contribution < 1.29 is 13.6 Å². The van der Waals surface area contributed by atoms with E-state index >= 15 is 0 Å². The molecule has 1 atom stereocenters. The zero-order valence-corrected chi connectivity index (χ0v) is 11.7. The van der Waals surface area contributed by atoms with E-state index < -0.39 is 17.7 Å². The molecule has 3 nitrogen and oxygen atoms in total. The first-order valence-electron chi connectivity index (χ1n) is 6.31. The van der Waals surface area contributed by atoms with Gasteiger partial charge in [0.1, 0.15) is 17.7 Å². The molecule has 0 fully saturated rings. The lowest BCUT2D eigenvalue weighted by molar-refractivity contribution is -0.121. The minimum absolute atomic E-state index is 0.00435. The van der Waals surface area contributed by atoms with Crippen molar-refractivity contribution in [2.45, 2.75) is 33.7 Å². The molecule has 19 heavy (non-hydrogen) atoms. The molecule has 0 aromatic heterocycles. The van der Waals surface area contributed by atoms with Crippen molar-refractivity contribution in [3.63, 3.8) is 0 Å². The Kier molecular flexibility index (Phi) is 5.27. The summed E-state index contributed by atoms with van der Waals surface area (Å²) in [5.74, 6) is -0.972. The van der Waals surface area contributed by atoms with Crippen LogP contribution in [0.3, 0.4) is 0 Å². The molecule has 1 aromatic rings. The molecule has 106 valence electrons. The molecule has 0 aliphatic heterocycles. The molecule has 1 unspecified atom stereocenters. The molecule has 1 rings (SSSR count). The van der Waals surface area contributed by atoms with Gasteiger partial charge in [0, 0.05) is 12.6 Å². The number of aryl methyl sites for hydroxylation is 1. The number of nitrogens with one attached hydrogen (secondary N) is 2. The first kappa shape index (κ1) is 15.4. The van der Waals surface area contributed by atoms with Crippen molar-refractivity contribution in [2.75, 3.05) is 11.9 Å². The standard InChI is InChI=1S/C14H20F2N2O/c1-8(2)7-17-14(19)10(4)18-13-6-11(15)9(3)5-12(13)16/h5-6,8,10,18H,7H2,1-4H3,(H,17,19). The third-order valence-corrected chi connectivity index (χ3v) is 2.70. The van der Waals surface area contributed by atoms with Crippen LogP contribution in [0.15, 0.2) is 12.1 Å². The van der Waals surface area contributed by atoms with Crippen LogP contribution in [-0.4, -0.2) is 18.5 Å². The van der Waals surface area contributed by atoms with E-state index in [-0.39, 0.29) is 17.2 Å². The van der Waals surface area contributed by atoms with Gasteiger partial charge in [0.15, 0.2) is 0 Å².